The summed E-state index contributed by atoms with van der Waals surface area (Å²) in [5.74, 6) is -1.72. The van der Waals surface area contributed by atoms with Crippen LogP contribution in [0.15, 0.2) is 48.5 Å². The summed E-state index contributed by atoms with van der Waals surface area (Å²) < 4.78 is 10.5. The molecule has 0 saturated heterocycles. The molecule has 28 heavy (non-hydrogen) atoms. The maximum absolute atomic E-state index is 12.4. The minimum absolute atomic E-state index is 0.0506. The third-order valence-corrected chi connectivity index (χ3v) is 4.02. The Labute approximate surface area is 159 Å². The number of para-hydroxylation sites is 1. The lowest BCUT2D eigenvalue weighted by molar-refractivity contribution is -0.385. The van der Waals surface area contributed by atoms with E-state index in [0.29, 0.717) is 23.7 Å². The van der Waals surface area contributed by atoms with Crippen molar-refractivity contribution in [2.24, 2.45) is 0 Å². The average molecular weight is 384 g/mol. The molecular weight excluding hydrogens is 368 g/mol. The molecule has 2 amide bonds. The summed E-state index contributed by atoms with van der Waals surface area (Å²) in [6.45, 7) is -0.228. The summed E-state index contributed by atoms with van der Waals surface area (Å²) in [4.78, 5) is 47.6. The maximum atomic E-state index is 12.4. The van der Waals surface area contributed by atoms with Crippen molar-refractivity contribution in [2.75, 3.05) is 19.8 Å². The summed E-state index contributed by atoms with van der Waals surface area (Å²) >= 11 is 0. The van der Waals surface area contributed by atoms with E-state index in [9.17, 15) is 24.5 Å². The molecule has 0 fully saturated rings. The molecule has 0 unspecified atom stereocenters. The van der Waals surface area contributed by atoms with Gasteiger partial charge in [-0.1, -0.05) is 24.3 Å². The van der Waals surface area contributed by atoms with Gasteiger partial charge in [0.25, 0.3) is 17.5 Å². The fraction of sp³-hybridized carbons (Fsp3) is 0.211. The van der Waals surface area contributed by atoms with E-state index in [1.807, 2.05) is 18.2 Å². The van der Waals surface area contributed by atoms with Gasteiger partial charge in [0.2, 0.25) is 0 Å². The number of amides is 2. The summed E-state index contributed by atoms with van der Waals surface area (Å²) in [6.07, 6.45) is 0.425. The highest BCUT2D eigenvalue weighted by Crippen LogP contribution is 2.30. The largest absolute Gasteiger partial charge is 0.493 e. The van der Waals surface area contributed by atoms with Crippen LogP contribution in [0.25, 0.3) is 0 Å². The van der Waals surface area contributed by atoms with E-state index in [0.717, 1.165) is 6.07 Å². The zero-order valence-electron chi connectivity index (χ0n) is 14.7. The molecule has 0 aromatic heterocycles. The second-order valence-electron chi connectivity index (χ2n) is 5.89. The summed E-state index contributed by atoms with van der Waals surface area (Å²) in [5.41, 5.74) is -0.866. The number of ether oxygens (including phenoxy) is 2. The molecule has 0 saturated carbocycles. The Kier molecular flexibility index (Phi) is 5.64. The lowest BCUT2D eigenvalue weighted by Crippen LogP contribution is -2.35. The molecule has 0 bridgehead atoms. The molecule has 2 aromatic rings. The van der Waals surface area contributed by atoms with Crippen molar-refractivity contribution in [1.82, 2.24) is 4.90 Å². The number of benzene rings is 2. The first kappa shape index (κ1) is 19.0. The SMILES string of the molecule is O=C(CN1C(=O)c2cccc([N+](=O)[O-])c2C1=O)OCCCOc1ccccc1. The van der Waals surface area contributed by atoms with Gasteiger partial charge in [-0.25, -0.2) is 0 Å². The zero-order chi connectivity index (χ0) is 20.1. The minimum atomic E-state index is -0.878. The molecule has 0 radical (unpaired) electrons. The number of hydrogen-bond donors (Lipinski definition) is 0. The highest BCUT2D eigenvalue weighted by Gasteiger charge is 2.41. The van der Waals surface area contributed by atoms with Crippen molar-refractivity contribution in [3.8, 4) is 5.75 Å². The first-order valence-electron chi connectivity index (χ1n) is 8.46. The van der Waals surface area contributed by atoms with E-state index in [4.69, 9.17) is 9.47 Å². The molecule has 144 valence electrons. The number of carbonyl (C=O) groups is 3. The summed E-state index contributed by atoms with van der Waals surface area (Å²) in [6, 6.07) is 12.9. The Morgan fingerprint density at radius 1 is 1.00 bits per heavy atom. The Bertz CT molecular complexity index is 927. The van der Waals surface area contributed by atoms with E-state index in [1.54, 1.807) is 12.1 Å². The van der Waals surface area contributed by atoms with Gasteiger partial charge >= 0.3 is 5.97 Å². The van der Waals surface area contributed by atoms with E-state index in [-0.39, 0.29) is 17.7 Å². The molecule has 1 heterocycles. The zero-order valence-corrected chi connectivity index (χ0v) is 14.7. The molecular formula is C19H16N2O7. The maximum Gasteiger partial charge on any atom is 0.326 e. The van der Waals surface area contributed by atoms with Gasteiger partial charge in [0, 0.05) is 12.5 Å². The van der Waals surface area contributed by atoms with Crippen LogP contribution >= 0.6 is 0 Å². The molecule has 0 atom stereocenters. The topological polar surface area (TPSA) is 116 Å². The number of fused-ring (bicyclic) bond motifs is 1. The third kappa shape index (κ3) is 3.98. The molecule has 3 rings (SSSR count). The Morgan fingerprint density at radius 2 is 1.75 bits per heavy atom. The normalized spacial score (nSPS) is 12.6. The molecule has 9 nitrogen and oxygen atoms in total. The van der Waals surface area contributed by atoms with Gasteiger partial charge in [-0.3, -0.25) is 29.4 Å². The van der Waals surface area contributed by atoms with Crippen molar-refractivity contribution >= 4 is 23.5 Å². The van der Waals surface area contributed by atoms with Crippen LogP contribution in [-0.4, -0.2) is 47.4 Å². The van der Waals surface area contributed by atoms with Gasteiger partial charge in [0.1, 0.15) is 17.9 Å². The quantitative estimate of drug-likeness (QED) is 0.225. The van der Waals surface area contributed by atoms with Crippen LogP contribution < -0.4 is 4.74 Å². The molecule has 0 spiro atoms. The van der Waals surface area contributed by atoms with E-state index in [2.05, 4.69) is 0 Å². The van der Waals surface area contributed by atoms with Crippen LogP contribution in [0.3, 0.4) is 0 Å². The number of carbonyl (C=O) groups excluding carboxylic acids is 3. The molecule has 1 aliphatic rings. The lowest BCUT2D eigenvalue weighted by Gasteiger charge is -2.13. The predicted octanol–water partition coefficient (Wildman–Crippen LogP) is 2.20. The molecule has 1 aliphatic heterocycles. The fourth-order valence-corrected chi connectivity index (χ4v) is 2.74. The van der Waals surface area contributed by atoms with Gasteiger partial charge < -0.3 is 9.47 Å². The van der Waals surface area contributed by atoms with Crippen LogP contribution in [0.5, 0.6) is 5.75 Å². The number of hydrogen-bond acceptors (Lipinski definition) is 7. The van der Waals surface area contributed by atoms with Crippen molar-refractivity contribution in [3.05, 3.63) is 69.8 Å². The van der Waals surface area contributed by atoms with Crippen molar-refractivity contribution < 1.29 is 28.8 Å². The Morgan fingerprint density at radius 3 is 2.46 bits per heavy atom. The first-order valence-corrected chi connectivity index (χ1v) is 8.46. The highest BCUT2D eigenvalue weighted by atomic mass is 16.6. The Balaban J connectivity index is 1.51. The summed E-state index contributed by atoms with van der Waals surface area (Å²) in [7, 11) is 0. The van der Waals surface area contributed by atoms with Crippen LogP contribution in [0.4, 0.5) is 5.69 Å². The smallest absolute Gasteiger partial charge is 0.326 e. The number of nitrogens with zero attached hydrogens (tertiary/aromatic N) is 2. The second-order valence-corrected chi connectivity index (χ2v) is 5.89. The predicted molar refractivity (Wildman–Crippen MR) is 96.0 cm³/mol. The monoisotopic (exact) mass is 384 g/mol. The van der Waals surface area contributed by atoms with Gasteiger partial charge in [-0.2, -0.15) is 0 Å². The van der Waals surface area contributed by atoms with Crippen LogP contribution in [0, 0.1) is 10.1 Å². The summed E-state index contributed by atoms with van der Waals surface area (Å²) in [5, 5.41) is 11.1. The second kappa shape index (κ2) is 8.30. The van der Waals surface area contributed by atoms with Gasteiger partial charge in [0.15, 0.2) is 0 Å². The Hall–Kier alpha value is -3.75. The van der Waals surface area contributed by atoms with Gasteiger partial charge in [-0.05, 0) is 18.2 Å². The van der Waals surface area contributed by atoms with E-state index >= 15 is 0 Å². The van der Waals surface area contributed by atoms with E-state index in [1.165, 1.54) is 12.1 Å². The lowest BCUT2D eigenvalue weighted by atomic mass is 10.1. The van der Waals surface area contributed by atoms with Gasteiger partial charge in [0.05, 0.1) is 23.7 Å². The van der Waals surface area contributed by atoms with Crippen molar-refractivity contribution in [2.45, 2.75) is 6.42 Å². The first-order chi connectivity index (χ1) is 13.5. The van der Waals surface area contributed by atoms with Crippen LogP contribution in [-0.2, 0) is 9.53 Å². The fourth-order valence-electron chi connectivity index (χ4n) is 2.74. The number of imide groups is 1. The number of rotatable bonds is 8. The molecule has 2 aromatic carbocycles. The third-order valence-electron chi connectivity index (χ3n) is 4.02. The highest BCUT2D eigenvalue weighted by molar-refractivity contribution is 6.24. The standard InChI is InChI=1S/C19H16N2O7/c22-16(28-11-5-10-27-13-6-2-1-3-7-13)12-20-18(23)14-8-4-9-15(21(25)26)17(14)19(20)24/h1-4,6-9H,5,10-12H2. The molecule has 0 N–H and O–H groups in total. The van der Waals surface area contributed by atoms with Crippen molar-refractivity contribution in [3.63, 3.8) is 0 Å². The van der Waals surface area contributed by atoms with Crippen LogP contribution in [0.2, 0.25) is 0 Å². The molecule has 0 aliphatic carbocycles. The number of nitro groups is 1. The average Bonchev–Trinajstić information content (AvgIpc) is 2.93. The molecule has 9 heteroatoms. The van der Waals surface area contributed by atoms with Crippen molar-refractivity contribution in [1.29, 1.82) is 0 Å². The van der Waals surface area contributed by atoms with E-state index < -0.39 is 34.9 Å². The van der Waals surface area contributed by atoms with Crippen LogP contribution in [0.1, 0.15) is 27.1 Å². The number of nitro benzene ring substituents is 1. The van der Waals surface area contributed by atoms with Gasteiger partial charge in [-0.15, -0.1) is 0 Å². The minimum Gasteiger partial charge on any atom is -0.493 e. The number of esters is 1.